The van der Waals surface area contributed by atoms with E-state index in [1.807, 2.05) is 0 Å². The Morgan fingerprint density at radius 1 is 1.56 bits per heavy atom. The Kier molecular flexibility index (Phi) is 5.40. The molecule has 18 heavy (non-hydrogen) atoms. The Bertz CT molecular complexity index is 425. The number of rotatable bonds is 5. The topological polar surface area (TPSA) is 81.8 Å². The molecule has 0 aliphatic rings. The van der Waals surface area contributed by atoms with Crippen molar-refractivity contribution in [3.63, 3.8) is 0 Å². The van der Waals surface area contributed by atoms with Crippen LogP contribution in [0, 0.1) is 0 Å². The average Bonchev–Trinajstić information content (AvgIpc) is 2.37. The van der Waals surface area contributed by atoms with Crippen LogP contribution >= 0.6 is 11.6 Å². The van der Waals surface area contributed by atoms with Crippen LogP contribution in [0.3, 0.4) is 0 Å². The molecule has 100 valence electrons. The minimum Gasteiger partial charge on any atom is -0.495 e. The molecule has 2 unspecified atom stereocenters. The molecule has 0 aliphatic carbocycles. The molecule has 0 spiro atoms. The van der Waals surface area contributed by atoms with Gasteiger partial charge in [0.25, 0.3) is 0 Å². The summed E-state index contributed by atoms with van der Waals surface area (Å²) in [5.41, 5.74) is 6.03. The van der Waals surface area contributed by atoms with Crippen LogP contribution in [0.25, 0.3) is 0 Å². The van der Waals surface area contributed by atoms with Crippen LogP contribution in [0.15, 0.2) is 18.2 Å². The second-order valence-corrected chi connectivity index (χ2v) is 4.02. The number of ether oxygens (including phenoxy) is 2. The Labute approximate surface area is 110 Å². The van der Waals surface area contributed by atoms with Gasteiger partial charge in [-0.15, -0.1) is 0 Å². The molecular formula is C12H16ClNO4. The molecular weight excluding hydrogens is 258 g/mol. The summed E-state index contributed by atoms with van der Waals surface area (Å²) in [6.45, 7) is 1.88. The Morgan fingerprint density at radius 2 is 2.22 bits per heavy atom. The maximum atomic E-state index is 11.4. The van der Waals surface area contributed by atoms with Crippen molar-refractivity contribution in [3.05, 3.63) is 28.8 Å². The van der Waals surface area contributed by atoms with E-state index in [4.69, 9.17) is 26.8 Å². The van der Waals surface area contributed by atoms with Crippen molar-refractivity contribution in [2.75, 3.05) is 13.7 Å². The van der Waals surface area contributed by atoms with E-state index >= 15 is 0 Å². The third-order valence-electron chi connectivity index (χ3n) is 2.42. The van der Waals surface area contributed by atoms with Gasteiger partial charge in [0.2, 0.25) is 0 Å². The van der Waals surface area contributed by atoms with Gasteiger partial charge >= 0.3 is 5.97 Å². The van der Waals surface area contributed by atoms with Gasteiger partial charge in [0.15, 0.2) is 0 Å². The summed E-state index contributed by atoms with van der Waals surface area (Å²) in [5.74, 6) is -0.172. The van der Waals surface area contributed by atoms with Gasteiger partial charge in [-0.25, -0.2) is 0 Å². The lowest BCUT2D eigenvalue weighted by Gasteiger charge is -2.18. The number of aliphatic hydroxyl groups is 1. The molecule has 0 aromatic heterocycles. The van der Waals surface area contributed by atoms with Gasteiger partial charge in [-0.1, -0.05) is 17.7 Å². The molecule has 6 heteroatoms. The molecule has 3 N–H and O–H groups in total. The van der Waals surface area contributed by atoms with Gasteiger partial charge in [0.1, 0.15) is 17.9 Å². The van der Waals surface area contributed by atoms with E-state index in [-0.39, 0.29) is 6.61 Å². The first-order chi connectivity index (χ1) is 8.51. The SMILES string of the molecule is CCOC(=O)C(N)C(O)c1ccc(OC)c(Cl)c1. The fourth-order valence-electron chi connectivity index (χ4n) is 1.44. The number of esters is 1. The maximum Gasteiger partial charge on any atom is 0.325 e. The summed E-state index contributed by atoms with van der Waals surface area (Å²) in [6, 6.07) is 3.55. The summed E-state index contributed by atoms with van der Waals surface area (Å²) >= 11 is 5.93. The van der Waals surface area contributed by atoms with Crippen molar-refractivity contribution in [2.45, 2.75) is 19.1 Å². The van der Waals surface area contributed by atoms with Crippen LogP contribution in [-0.4, -0.2) is 30.8 Å². The average molecular weight is 274 g/mol. The first-order valence-corrected chi connectivity index (χ1v) is 5.82. The van der Waals surface area contributed by atoms with Gasteiger partial charge in [-0.05, 0) is 24.6 Å². The third-order valence-corrected chi connectivity index (χ3v) is 2.71. The summed E-state index contributed by atoms with van der Waals surface area (Å²) in [6.07, 6.45) is -1.17. The lowest BCUT2D eigenvalue weighted by Crippen LogP contribution is -2.38. The van der Waals surface area contributed by atoms with E-state index in [1.165, 1.54) is 13.2 Å². The van der Waals surface area contributed by atoms with Crippen LogP contribution < -0.4 is 10.5 Å². The van der Waals surface area contributed by atoms with E-state index in [2.05, 4.69) is 0 Å². The van der Waals surface area contributed by atoms with Crippen LogP contribution in [0.1, 0.15) is 18.6 Å². The highest BCUT2D eigenvalue weighted by Gasteiger charge is 2.25. The minimum atomic E-state index is -1.17. The zero-order valence-corrected chi connectivity index (χ0v) is 11.0. The third kappa shape index (κ3) is 3.35. The predicted octanol–water partition coefficient (Wildman–Crippen LogP) is 1.27. The number of carbonyl (C=O) groups excluding carboxylic acids is 1. The number of methoxy groups -OCH3 is 1. The number of hydrogen-bond donors (Lipinski definition) is 2. The smallest absolute Gasteiger partial charge is 0.325 e. The van der Waals surface area contributed by atoms with Gasteiger partial charge in [-0.3, -0.25) is 4.79 Å². The summed E-state index contributed by atoms with van der Waals surface area (Å²) in [7, 11) is 1.49. The molecule has 0 heterocycles. The highest BCUT2D eigenvalue weighted by Crippen LogP contribution is 2.28. The van der Waals surface area contributed by atoms with Crippen molar-refractivity contribution >= 4 is 17.6 Å². The summed E-state index contributed by atoms with van der Waals surface area (Å²) < 4.78 is 9.73. The number of benzene rings is 1. The monoisotopic (exact) mass is 273 g/mol. The standard InChI is InChI=1S/C12H16ClNO4/c1-3-18-12(16)10(14)11(15)7-4-5-9(17-2)8(13)6-7/h4-6,10-11,15H,3,14H2,1-2H3. The molecule has 1 rings (SSSR count). The molecule has 0 radical (unpaired) electrons. The molecule has 0 saturated carbocycles. The lowest BCUT2D eigenvalue weighted by molar-refractivity contribution is -0.147. The summed E-state index contributed by atoms with van der Waals surface area (Å²) in [5, 5.41) is 10.3. The van der Waals surface area contributed by atoms with E-state index in [0.717, 1.165) is 0 Å². The molecule has 2 atom stereocenters. The Balaban J connectivity index is 2.86. The normalized spacial score (nSPS) is 13.8. The lowest BCUT2D eigenvalue weighted by atomic mass is 10.0. The van der Waals surface area contributed by atoms with Crippen LogP contribution in [-0.2, 0) is 9.53 Å². The maximum absolute atomic E-state index is 11.4. The number of carbonyl (C=O) groups is 1. The van der Waals surface area contributed by atoms with E-state index in [0.29, 0.717) is 16.3 Å². The van der Waals surface area contributed by atoms with Crippen molar-refractivity contribution in [1.82, 2.24) is 0 Å². The second-order valence-electron chi connectivity index (χ2n) is 3.62. The first kappa shape index (κ1) is 14.8. The molecule has 0 fully saturated rings. The largest absolute Gasteiger partial charge is 0.495 e. The fraction of sp³-hybridized carbons (Fsp3) is 0.417. The number of hydrogen-bond acceptors (Lipinski definition) is 5. The van der Waals surface area contributed by atoms with Gasteiger partial charge in [0.05, 0.1) is 18.7 Å². The highest BCUT2D eigenvalue weighted by molar-refractivity contribution is 6.32. The Hall–Kier alpha value is -1.30. The van der Waals surface area contributed by atoms with Crippen molar-refractivity contribution in [1.29, 1.82) is 0 Å². The van der Waals surface area contributed by atoms with Crippen LogP contribution in [0.5, 0.6) is 5.75 Å². The Morgan fingerprint density at radius 3 is 2.72 bits per heavy atom. The minimum absolute atomic E-state index is 0.211. The van der Waals surface area contributed by atoms with E-state index < -0.39 is 18.1 Å². The molecule has 1 aromatic carbocycles. The van der Waals surface area contributed by atoms with Gasteiger partial charge in [0, 0.05) is 0 Å². The van der Waals surface area contributed by atoms with E-state index in [1.54, 1.807) is 19.1 Å². The molecule has 0 bridgehead atoms. The van der Waals surface area contributed by atoms with Crippen LogP contribution in [0.2, 0.25) is 5.02 Å². The van der Waals surface area contributed by atoms with Gasteiger partial charge < -0.3 is 20.3 Å². The van der Waals surface area contributed by atoms with Gasteiger partial charge in [-0.2, -0.15) is 0 Å². The number of nitrogens with two attached hydrogens (primary N) is 1. The zero-order chi connectivity index (χ0) is 13.7. The predicted molar refractivity (Wildman–Crippen MR) is 67.6 cm³/mol. The number of halogens is 1. The molecule has 0 amide bonds. The molecule has 0 saturated heterocycles. The molecule has 1 aromatic rings. The van der Waals surface area contributed by atoms with Crippen LogP contribution in [0.4, 0.5) is 0 Å². The fourth-order valence-corrected chi connectivity index (χ4v) is 1.71. The first-order valence-electron chi connectivity index (χ1n) is 5.45. The number of aliphatic hydroxyl groups excluding tert-OH is 1. The van der Waals surface area contributed by atoms with Crippen molar-refractivity contribution in [3.8, 4) is 5.75 Å². The van der Waals surface area contributed by atoms with E-state index in [9.17, 15) is 9.90 Å². The quantitative estimate of drug-likeness (QED) is 0.790. The summed E-state index contributed by atoms with van der Waals surface area (Å²) in [4.78, 5) is 11.4. The van der Waals surface area contributed by atoms with Crippen molar-refractivity contribution in [2.24, 2.45) is 5.73 Å². The molecule has 5 nitrogen and oxygen atoms in total. The highest BCUT2D eigenvalue weighted by atomic mass is 35.5. The zero-order valence-electron chi connectivity index (χ0n) is 10.2. The second kappa shape index (κ2) is 6.58. The van der Waals surface area contributed by atoms with Crippen molar-refractivity contribution < 1.29 is 19.4 Å². The molecule has 0 aliphatic heterocycles.